The number of phenols is 1. The highest BCUT2D eigenvalue weighted by molar-refractivity contribution is 6.31. The maximum Gasteiger partial charge on any atom is 0.166 e. The van der Waals surface area contributed by atoms with E-state index in [0.29, 0.717) is 16.3 Å². The number of benzene rings is 2. The summed E-state index contributed by atoms with van der Waals surface area (Å²) < 4.78 is 26.2. The molecule has 100 valence electrons. The molecule has 0 fully saturated rings. The van der Waals surface area contributed by atoms with Crippen molar-refractivity contribution in [2.75, 3.05) is 5.32 Å². The Hall–Kier alpha value is -1.81. The van der Waals surface area contributed by atoms with Crippen molar-refractivity contribution in [2.24, 2.45) is 0 Å². The van der Waals surface area contributed by atoms with Crippen LogP contribution in [0.1, 0.15) is 18.5 Å². The van der Waals surface area contributed by atoms with Gasteiger partial charge in [0.1, 0.15) is 5.82 Å². The van der Waals surface area contributed by atoms with Gasteiger partial charge in [-0.25, -0.2) is 8.78 Å². The highest BCUT2D eigenvalue weighted by Gasteiger charge is 2.11. The van der Waals surface area contributed by atoms with Crippen LogP contribution in [-0.4, -0.2) is 5.11 Å². The summed E-state index contributed by atoms with van der Waals surface area (Å²) in [5, 5.41) is 12.4. The van der Waals surface area contributed by atoms with Gasteiger partial charge in [0.15, 0.2) is 11.6 Å². The summed E-state index contributed by atoms with van der Waals surface area (Å²) >= 11 is 5.95. The Bertz CT molecular complexity index is 604. The number of phenolic OH excluding ortho intramolecular Hbond substituents is 1. The molecule has 0 aliphatic heterocycles. The van der Waals surface area contributed by atoms with Crippen molar-refractivity contribution in [1.82, 2.24) is 0 Å². The van der Waals surface area contributed by atoms with E-state index < -0.39 is 17.4 Å². The Morgan fingerprint density at radius 2 is 1.89 bits per heavy atom. The van der Waals surface area contributed by atoms with E-state index >= 15 is 0 Å². The Morgan fingerprint density at radius 3 is 2.53 bits per heavy atom. The zero-order valence-electron chi connectivity index (χ0n) is 10.1. The van der Waals surface area contributed by atoms with Crippen molar-refractivity contribution in [3.63, 3.8) is 0 Å². The molecule has 0 saturated carbocycles. The number of halogens is 3. The largest absolute Gasteiger partial charge is 0.505 e. The van der Waals surface area contributed by atoms with Crippen molar-refractivity contribution >= 4 is 17.3 Å². The van der Waals surface area contributed by atoms with Crippen LogP contribution in [0.25, 0.3) is 0 Å². The Labute approximate surface area is 114 Å². The molecule has 0 spiro atoms. The maximum absolute atomic E-state index is 13.2. The molecule has 0 radical (unpaired) electrons. The number of hydrogen-bond acceptors (Lipinski definition) is 2. The number of aromatic hydroxyl groups is 1. The predicted molar refractivity (Wildman–Crippen MR) is 71.5 cm³/mol. The van der Waals surface area contributed by atoms with Gasteiger partial charge >= 0.3 is 0 Å². The van der Waals surface area contributed by atoms with Crippen molar-refractivity contribution in [1.29, 1.82) is 0 Å². The molecule has 0 aromatic heterocycles. The molecule has 2 aromatic carbocycles. The lowest BCUT2D eigenvalue weighted by molar-refractivity contribution is 0.432. The molecule has 2 rings (SSSR count). The zero-order valence-corrected chi connectivity index (χ0v) is 10.9. The first-order valence-electron chi connectivity index (χ1n) is 5.67. The Kier molecular flexibility index (Phi) is 3.90. The summed E-state index contributed by atoms with van der Waals surface area (Å²) in [7, 11) is 0. The number of hydrogen-bond donors (Lipinski definition) is 2. The summed E-state index contributed by atoms with van der Waals surface area (Å²) in [4.78, 5) is 0. The highest BCUT2D eigenvalue weighted by Crippen LogP contribution is 2.28. The fraction of sp³-hybridized carbons (Fsp3) is 0.143. The number of rotatable bonds is 3. The molecule has 5 heteroatoms. The molecular formula is C14H12ClF2NO. The molecule has 0 bridgehead atoms. The van der Waals surface area contributed by atoms with Crippen LogP contribution in [0.2, 0.25) is 5.02 Å². The smallest absolute Gasteiger partial charge is 0.166 e. The third-order valence-electron chi connectivity index (χ3n) is 2.76. The van der Waals surface area contributed by atoms with Crippen LogP contribution in [0.4, 0.5) is 14.5 Å². The molecule has 0 aliphatic rings. The standard InChI is InChI=1S/C14H12ClF2NO/c1-8(11-4-2-9(16)6-12(11)15)18-10-3-5-14(19)13(17)7-10/h2-8,18-19H,1H3. The van der Waals surface area contributed by atoms with Crippen LogP contribution in [-0.2, 0) is 0 Å². The summed E-state index contributed by atoms with van der Waals surface area (Å²) in [6, 6.07) is 7.89. The molecule has 2 N–H and O–H groups in total. The minimum absolute atomic E-state index is 0.225. The lowest BCUT2D eigenvalue weighted by atomic mass is 10.1. The molecule has 1 atom stereocenters. The fourth-order valence-corrected chi connectivity index (χ4v) is 2.11. The van der Waals surface area contributed by atoms with Crippen LogP contribution in [0.3, 0.4) is 0 Å². The van der Waals surface area contributed by atoms with Crippen LogP contribution >= 0.6 is 11.6 Å². The van der Waals surface area contributed by atoms with E-state index in [-0.39, 0.29) is 6.04 Å². The highest BCUT2D eigenvalue weighted by atomic mass is 35.5. The van der Waals surface area contributed by atoms with E-state index in [4.69, 9.17) is 16.7 Å². The van der Waals surface area contributed by atoms with Gasteiger partial charge < -0.3 is 10.4 Å². The number of anilines is 1. The van der Waals surface area contributed by atoms with Gasteiger partial charge in [-0.2, -0.15) is 0 Å². The fourth-order valence-electron chi connectivity index (χ4n) is 1.78. The van der Waals surface area contributed by atoms with Gasteiger partial charge in [-0.15, -0.1) is 0 Å². The van der Waals surface area contributed by atoms with Crippen LogP contribution in [0.5, 0.6) is 5.75 Å². The summed E-state index contributed by atoms with van der Waals surface area (Å²) in [5.41, 5.74) is 1.21. The monoisotopic (exact) mass is 283 g/mol. The molecule has 0 aliphatic carbocycles. The Morgan fingerprint density at radius 1 is 1.16 bits per heavy atom. The van der Waals surface area contributed by atoms with E-state index in [1.807, 2.05) is 6.92 Å². The zero-order chi connectivity index (χ0) is 14.0. The van der Waals surface area contributed by atoms with Gasteiger partial charge in [0.2, 0.25) is 0 Å². The molecule has 0 heterocycles. The lowest BCUT2D eigenvalue weighted by Crippen LogP contribution is -2.07. The van der Waals surface area contributed by atoms with Gasteiger partial charge in [0.05, 0.1) is 0 Å². The second-order valence-corrected chi connectivity index (χ2v) is 4.61. The third-order valence-corrected chi connectivity index (χ3v) is 3.09. The molecule has 1 unspecified atom stereocenters. The average molecular weight is 284 g/mol. The van der Waals surface area contributed by atoms with Crippen LogP contribution < -0.4 is 5.32 Å². The second kappa shape index (κ2) is 5.45. The summed E-state index contributed by atoms with van der Waals surface area (Å²) in [5.74, 6) is -1.52. The minimum atomic E-state index is -0.706. The molecule has 2 aromatic rings. The van der Waals surface area contributed by atoms with Crippen molar-refractivity contribution in [3.8, 4) is 5.75 Å². The topological polar surface area (TPSA) is 32.3 Å². The van der Waals surface area contributed by atoms with Gasteiger partial charge in [-0.3, -0.25) is 0 Å². The summed E-state index contributed by atoms with van der Waals surface area (Å²) in [6.07, 6.45) is 0. The SMILES string of the molecule is CC(Nc1ccc(O)c(F)c1)c1ccc(F)cc1Cl. The second-order valence-electron chi connectivity index (χ2n) is 4.20. The van der Waals surface area contributed by atoms with Gasteiger partial charge in [0.25, 0.3) is 0 Å². The predicted octanol–water partition coefficient (Wildman–Crippen LogP) is 4.50. The van der Waals surface area contributed by atoms with Gasteiger partial charge in [-0.05, 0) is 36.8 Å². The number of nitrogens with one attached hydrogen (secondary N) is 1. The van der Waals surface area contributed by atoms with Crippen LogP contribution in [0.15, 0.2) is 36.4 Å². The minimum Gasteiger partial charge on any atom is -0.505 e. The molecular weight excluding hydrogens is 272 g/mol. The quantitative estimate of drug-likeness (QED) is 0.813. The van der Waals surface area contributed by atoms with Crippen molar-refractivity contribution in [3.05, 3.63) is 58.6 Å². The molecule has 0 amide bonds. The van der Waals surface area contributed by atoms with E-state index in [2.05, 4.69) is 5.32 Å². The van der Waals surface area contributed by atoms with Crippen molar-refractivity contribution in [2.45, 2.75) is 13.0 Å². The maximum atomic E-state index is 13.2. The van der Waals surface area contributed by atoms with E-state index in [1.165, 1.54) is 24.3 Å². The molecule has 0 saturated heterocycles. The van der Waals surface area contributed by atoms with E-state index in [9.17, 15) is 8.78 Å². The first kappa shape index (κ1) is 13.6. The van der Waals surface area contributed by atoms with Gasteiger partial charge in [-0.1, -0.05) is 17.7 Å². The Balaban J connectivity index is 2.20. The first-order chi connectivity index (χ1) is 8.97. The van der Waals surface area contributed by atoms with Crippen molar-refractivity contribution < 1.29 is 13.9 Å². The average Bonchev–Trinajstić information content (AvgIpc) is 2.33. The molecule has 19 heavy (non-hydrogen) atoms. The van der Waals surface area contributed by atoms with E-state index in [0.717, 1.165) is 0 Å². The third kappa shape index (κ3) is 3.15. The first-order valence-corrected chi connectivity index (χ1v) is 6.05. The lowest BCUT2D eigenvalue weighted by Gasteiger charge is -2.17. The van der Waals surface area contributed by atoms with E-state index in [1.54, 1.807) is 12.1 Å². The molecule has 2 nitrogen and oxygen atoms in total. The normalized spacial score (nSPS) is 12.2. The summed E-state index contributed by atoms with van der Waals surface area (Å²) in [6.45, 7) is 1.82. The van der Waals surface area contributed by atoms with Gasteiger partial charge in [0, 0.05) is 22.8 Å². The van der Waals surface area contributed by atoms with Crippen LogP contribution in [0, 0.1) is 11.6 Å².